The van der Waals surface area contributed by atoms with Gasteiger partial charge in [-0.3, -0.25) is 19.1 Å². The largest absolute Gasteiger partial charge is 0.357 e. The number of halogens is 1. The maximum Gasteiger partial charge on any atom is 0.270 e. The Morgan fingerprint density at radius 3 is 2.59 bits per heavy atom. The van der Waals surface area contributed by atoms with E-state index in [4.69, 9.17) is 23.8 Å². The SMILES string of the molecule is Cc1c(/C=C2\SC(=S)N(Cc3ccccc3Cl)C2=O)c(N2CCC(C)CC2)n(C)c(=O)c1C#N. The van der Waals surface area contributed by atoms with Gasteiger partial charge in [0.2, 0.25) is 0 Å². The minimum absolute atomic E-state index is 0.0921. The molecule has 9 heteroatoms. The van der Waals surface area contributed by atoms with Crippen LogP contribution >= 0.6 is 35.6 Å². The first-order valence-electron chi connectivity index (χ1n) is 11.1. The molecule has 0 radical (unpaired) electrons. The quantitative estimate of drug-likeness (QED) is 0.430. The third kappa shape index (κ3) is 4.52. The first-order chi connectivity index (χ1) is 16.2. The first kappa shape index (κ1) is 24.5. The summed E-state index contributed by atoms with van der Waals surface area (Å²) in [5.41, 5.74) is 1.88. The second kappa shape index (κ2) is 9.95. The number of anilines is 1. The van der Waals surface area contributed by atoms with Gasteiger partial charge in [0.1, 0.15) is 21.8 Å². The topological polar surface area (TPSA) is 69.3 Å². The molecule has 2 saturated heterocycles. The number of amides is 1. The van der Waals surface area contributed by atoms with Crippen LogP contribution in [0.15, 0.2) is 34.0 Å². The molecule has 0 bridgehead atoms. The predicted octanol–water partition coefficient (Wildman–Crippen LogP) is 4.86. The van der Waals surface area contributed by atoms with E-state index < -0.39 is 0 Å². The lowest BCUT2D eigenvalue weighted by atomic mass is 9.97. The molecule has 0 saturated carbocycles. The summed E-state index contributed by atoms with van der Waals surface area (Å²) < 4.78 is 1.99. The van der Waals surface area contributed by atoms with E-state index in [1.165, 1.54) is 21.2 Å². The third-order valence-electron chi connectivity index (χ3n) is 6.49. The van der Waals surface area contributed by atoms with Gasteiger partial charge in [-0.15, -0.1) is 0 Å². The van der Waals surface area contributed by atoms with E-state index in [1.807, 2.05) is 18.2 Å². The number of nitriles is 1. The van der Waals surface area contributed by atoms with Gasteiger partial charge in [-0.1, -0.05) is 60.7 Å². The molecule has 3 heterocycles. The van der Waals surface area contributed by atoms with Crippen LogP contribution in [-0.2, 0) is 18.4 Å². The number of pyridine rings is 1. The lowest BCUT2D eigenvalue weighted by Crippen LogP contribution is -2.38. The number of rotatable bonds is 4. The second-order valence-electron chi connectivity index (χ2n) is 8.74. The average molecular weight is 513 g/mol. The number of thioether (sulfide) groups is 1. The summed E-state index contributed by atoms with van der Waals surface area (Å²) in [7, 11) is 1.69. The summed E-state index contributed by atoms with van der Waals surface area (Å²) in [6, 6.07) is 9.42. The Balaban J connectivity index is 1.77. The van der Waals surface area contributed by atoms with Crippen molar-refractivity contribution in [2.45, 2.75) is 33.2 Å². The van der Waals surface area contributed by atoms with Gasteiger partial charge in [0.25, 0.3) is 11.5 Å². The number of carbonyl (C=O) groups excluding carboxylic acids is 1. The summed E-state index contributed by atoms with van der Waals surface area (Å²) >= 11 is 13.0. The van der Waals surface area contributed by atoms with Gasteiger partial charge in [0.05, 0.1) is 11.4 Å². The van der Waals surface area contributed by atoms with Crippen molar-refractivity contribution >= 4 is 57.7 Å². The molecule has 2 aromatic rings. The Bertz CT molecular complexity index is 1300. The molecule has 176 valence electrons. The van der Waals surface area contributed by atoms with Gasteiger partial charge in [0, 0.05) is 30.7 Å². The average Bonchev–Trinajstić information content (AvgIpc) is 3.07. The summed E-state index contributed by atoms with van der Waals surface area (Å²) in [6.45, 7) is 5.91. The number of piperidine rings is 1. The molecule has 4 rings (SSSR count). The first-order valence-corrected chi connectivity index (χ1v) is 12.7. The number of nitrogens with zero attached hydrogens (tertiary/aromatic N) is 4. The fraction of sp³-hybridized carbons (Fsp3) is 0.360. The maximum atomic E-state index is 13.3. The van der Waals surface area contributed by atoms with Crippen LogP contribution in [0.4, 0.5) is 5.82 Å². The number of hydrogen-bond donors (Lipinski definition) is 0. The molecule has 0 aliphatic carbocycles. The number of hydrogen-bond acceptors (Lipinski definition) is 6. The number of aromatic nitrogens is 1. The molecule has 0 N–H and O–H groups in total. The lowest BCUT2D eigenvalue weighted by molar-refractivity contribution is -0.122. The molecular formula is C25H25ClN4O2S2. The normalized spacial score (nSPS) is 18.1. The minimum Gasteiger partial charge on any atom is -0.357 e. The second-order valence-corrected chi connectivity index (χ2v) is 10.8. The van der Waals surface area contributed by atoms with Gasteiger partial charge in [-0.2, -0.15) is 5.26 Å². The Morgan fingerprint density at radius 1 is 1.26 bits per heavy atom. The van der Waals surface area contributed by atoms with Crippen LogP contribution in [-0.4, -0.2) is 32.8 Å². The van der Waals surface area contributed by atoms with E-state index in [0.717, 1.165) is 37.3 Å². The van der Waals surface area contributed by atoms with E-state index in [-0.39, 0.29) is 23.6 Å². The number of carbonyl (C=O) groups is 1. The minimum atomic E-state index is -0.322. The van der Waals surface area contributed by atoms with Gasteiger partial charge < -0.3 is 4.90 Å². The van der Waals surface area contributed by atoms with Gasteiger partial charge in [-0.25, -0.2) is 0 Å². The van der Waals surface area contributed by atoms with Crippen LogP contribution in [0.2, 0.25) is 5.02 Å². The highest BCUT2D eigenvalue weighted by Gasteiger charge is 2.33. The molecule has 34 heavy (non-hydrogen) atoms. The molecular weight excluding hydrogens is 488 g/mol. The van der Waals surface area contributed by atoms with Crippen LogP contribution in [0, 0.1) is 24.2 Å². The number of benzene rings is 1. The highest BCUT2D eigenvalue weighted by atomic mass is 35.5. The van der Waals surface area contributed by atoms with Crippen LogP contribution in [0.25, 0.3) is 6.08 Å². The molecule has 1 aromatic heterocycles. The zero-order valence-corrected chi connectivity index (χ0v) is 21.7. The van der Waals surface area contributed by atoms with E-state index >= 15 is 0 Å². The van der Waals surface area contributed by atoms with Gasteiger partial charge >= 0.3 is 0 Å². The summed E-state index contributed by atoms with van der Waals surface area (Å²) in [5.74, 6) is 1.15. The fourth-order valence-electron chi connectivity index (χ4n) is 4.38. The highest BCUT2D eigenvalue weighted by Crippen LogP contribution is 2.37. The van der Waals surface area contributed by atoms with Crippen molar-refractivity contribution in [3.8, 4) is 6.07 Å². The van der Waals surface area contributed by atoms with Crippen molar-refractivity contribution in [3.05, 3.63) is 66.8 Å². The van der Waals surface area contributed by atoms with Gasteiger partial charge in [-0.05, 0) is 49.0 Å². The van der Waals surface area contributed by atoms with Crippen LogP contribution in [0.3, 0.4) is 0 Å². The molecule has 2 fully saturated rings. The van der Waals surface area contributed by atoms with Crippen molar-refractivity contribution in [3.63, 3.8) is 0 Å². The molecule has 0 unspecified atom stereocenters. The van der Waals surface area contributed by atoms with E-state index in [9.17, 15) is 14.9 Å². The monoisotopic (exact) mass is 512 g/mol. The molecule has 2 aliphatic rings. The zero-order valence-electron chi connectivity index (χ0n) is 19.3. The van der Waals surface area contributed by atoms with Crippen LogP contribution in [0.5, 0.6) is 0 Å². The van der Waals surface area contributed by atoms with E-state index in [1.54, 1.807) is 26.1 Å². The van der Waals surface area contributed by atoms with Crippen LogP contribution in [0.1, 0.15) is 42.0 Å². The summed E-state index contributed by atoms with van der Waals surface area (Å²) in [5, 5.41) is 10.2. The standard InChI is InChI=1S/C25H25ClN4O2S2/c1-15-8-10-29(11-9-15)22-18(16(2)19(13-27)23(31)28(22)3)12-21-24(32)30(25(33)34-21)14-17-6-4-5-7-20(17)26/h4-7,12,15H,8-11,14H2,1-3H3/b21-12-. The molecule has 2 aliphatic heterocycles. The lowest BCUT2D eigenvalue weighted by Gasteiger charge is -2.34. The van der Waals surface area contributed by atoms with Crippen molar-refractivity contribution < 1.29 is 4.79 Å². The van der Waals surface area contributed by atoms with Crippen molar-refractivity contribution in [1.29, 1.82) is 5.26 Å². The molecule has 6 nitrogen and oxygen atoms in total. The third-order valence-corrected chi connectivity index (χ3v) is 8.23. The van der Waals surface area contributed by atoms with Crippen molar-refractivity contribution in [1.82, 2.24) is 9.47 Å². The smallest absolute Gasteiger partial charge is 0.270 e. The fourth-order valence-corrected chi connectivity index (χ4v) is 5.81. The van der Waals surface area contributed by atoms with Crippen LogP contribution < -0.4 is 10.5 Å². The molecule has 1 aromatic carbocycles. The van der Waals surface area contributed by atoms with Crippen molar-refractivity contribution in [2.24, 2.45) is 13.0 Å². The molecule has 1 amide bonds. The molecule has 0 atom stereocenters. The molecule has 0 spiro atoms. The number of thiocarbonyl (C=S) groups is 1. The Morgan fingerprint density at radius 2 is 1.94 bits per heavy atom. The Hall–Kier alpha value is -2.60. The summed E-state index contributed by atoms with van der Waals surface area (Å²) in [6.07, 6.45) is 3.83. The highest BCUT2D eigenvalue weighted by molar-refractivity contribution is 8.26. The maximum absolute atomic E-state index is 13.3. The van der Waals surface area contributed by atoms with Gasteiger partial charge in [0.15, 0.2) is 0 Å². The summed E-state index contributed by atoms with van der Waals surface area (Å²) in [4.78, 5) is 30.5. The predicted molar refractivity (Wildman–Crippen MR) is 142 cm³/mol. The zero-order chi connectivity index (χ0) is 24.6. The Labute approximate surface area is 213 Å². The van der Waals surface area contributed by atoms with E-state index in [2.05, 4.69) is 17.9 Å². The van der Waals surface area contributed by atoms with E-state index in [0.29, 0.717) is 31.3 Å². The van der Waals surface area contributed by atoms with Crippen molar-refractivity contribution in [2.75, 3.05) is 18.0 Å². The Kier molecular flexibility index (Phi) is 7.17.